The van der Waals surface area contributed by atoms with Crippen LogP contribution in [0.3, 0.4) is 0 Å². The monoisotopic (exact) mass is 461 g/mol. The van der Waals surface area contributed by atoms with Crippen LogP contribution in [0.25, 0.3) is 0 Å². The number of esters is 1. The zero-order chi connectivity index (χ0) is 23.0. The summed E-state index contributed by atoms with van der Waals surface area (Å²) in [6, 6.07) is 20.3. The third kappa shape index (κ3) is 5.73. The fourth-order valence-electron chi connectivity index (χ4n) is 3.85. The Kier molecular flexibility index (Phi) is 7.62. The van der Waals surface area contributed by atoms with Gasteiger partial charge in [0, 0.05) is 48.2 Å². The molecule has 0 unspecified atom stereocenters. The molecule has 3 aromatic rings. The number of nitrogens with zero attached hydrogens (tertiary/aromatic N) is 3. The van der Waals surface area contributed by atoms with E-state index in [0.29, 0.717) is 32.7 Å². The summed E-state index contributed by atoms with van der Waals surface area (Å²) in [5.41, 5.74) is 3.15. The summed E-state index contributed by atoms with van der Waals surface area (Å²) in [6.45, 7) is 3.39. The van der Waals surface area contributed by atoms with E-state index in [4.69, 9.17) is 4.74 Å². The van der Waals surface area contributed by atoms with Crippen LogP contribution in [0, 0.1) is 0 Å². The number of para-hydroxylation sites is 2. The Morgan fingerprint density at radius 2 is 1.67 bits per heavy atom. The van der Waals surface area contributed by atoms with Crippen LogP contribution in [0.15, 0.2) is 82.8 Å². The van der Waals surface area contributed by atoms with Crippen molar-refractivity contribution >= 4 is 35.0 Å². The molecule has 2 heterocycles. The van der Waals surface area contributed by atoms with Gasteiger partial charge in [-0.15, -0.1) is 0 Å². The second-order valence-corrected chi connectivity index (χ2v) is 8.75. The van der Waals surface area contributed by atoms with Gasteiger partial charge in [0.15, 0.2) is 0 Å². The quantitative estimate of drug-likeness (QED) is 0.415. The van der Waals surface area contributed by atoms with E-state index in [2.05, 4.69) is 34.1 Å². The first kappa shape index (κ1) is 22.9. The van der Waals surface area contributed by atoms with Gasteiger partial charge in [0.1, 0.15) is 0 Å². The molecule has 1 aliphatic rings. The fraction of sp³-hybridized carbons (Fsp3) is 0.269. The minimum absolute atomic E-state index is 0.00339. The molecule has 0 saturated carbocycles. The highest BCUT2D eigenvalue weighted by molar-refractivity contribution is 7.99. The van der Waals surface area contributed by atoms with Gasteiger partial charge in [-0.3, -0.25) is 14.6 Å². The third-order valence-corrected chi connectivity index (χ3v) is 6.55. The van der Waals surface area contributed by atoms with Gasteiger partial charge in [-0.05, 0) is 42.8 Å². The van der Waals surface area contributed by atoms with E-state index < -0.39 is 0 Å². The number of ether oxygens (including phenoxy) is 1. The molecule has 1 aliphatic heterocycles. The molecule has 33 heavy (non-hydrogen) atoms. The SMILES string of the molecule is CCOC(=O)CCN(Cc1cccnc1)C(=O)CCN1c2ccccc2Sc2ccccc21. The Balaban J connectivity index is 1.49. The second kappa shape index (κ2) is 11.0. The van der Waals surface area contributed by atoms with Crippen LogP contribution >= 0.6 is 11.8 Å². The van der Waals surface area contributed by atoms with Gasteiger partial charge in [-0.25, -0.2) is 0 Å². The average molecular weight is 462 g/mol. The largest absolute Gasteiger partial charge is 0.466 e. The molecule has 0 bridgehead atoms. The molecule has 7 heteroatoms. The first-order chi connectivity index (χ1) is 16.2. The zero-order valence-corrected chi connectivity index (χ0v) is 19.5. The highest BCUT2D eigenvalue weighted by atomic mass is 32.2. The fourth-order valence-corrected chi connectivity index (χ4v) is 4.95. The summed E-state index contributed by atoms with van der Waals surface area (Å²) in [5, 5.41) is 0. The molecule has 6 nitrogen and oxygen atoms in total. The predicted octanol–water partition coefficient (Wildman–Crippen LogP) is 5.06. The van der Waals surface area contributed by atoms with E-state index in [1.807, 2.05) is 36.4 Å². The molecule has 0 saturated heterocycles. The van der Waals surface area contributed by atoms with Crippen molar-refractivity contribution in [1.29, 1.82) is 0 Å². The molecule has 0 atom stereocenters. The highest BCUT2D eigenvalue weighted by Crippen LogP contribution is 2.47. The minimum atomic E-state index is -0.294. The first-order valence-electron chi connectivity index (χ1n) is 11.1. The standard InChI is InChI=1S/C26H27N3O3S/c1-2-32-26(31)14-16-28(19-20-8-7-15-27-18-20)25(30)13-17-29-21-9-3-5-11-23(21)33-24-12-6-4-10-22(24)29/h3-12,15,18H,2,13-14,16-17,19H2,1H3. The number of benzene rings is 2. The van der Waals surface area contributed by atoms with Gasteiger partial charge in [-0.2, -0.15) is 0 Å². The van der Waals surface area contributed by atoms with E-state index in [1.54, 1.807) is 36.0 Å². The number of carbonyl (C=O) groups is 2. The number of hydrogen-bond acceptors (Lipinski definition) is 6. The summed E-state index contributed by atoms with van der Waals surface area (Å²) in [4.78, 5) is 35.7. The van der Waals surface area contributed by atoms with Crippen molar-refractivity contribution in [2.75, 3.05) is 24.6 Å². The summed E-state index contributed by atoms with van der Waals surface area (Å²) in [6.07, 6.45) is 3.96. The molecule has 0 aliphatic carbocycles. The summed E-state index contributed by atoms with van der Waals surface area (Å²) in [5.74, 6) is -0.297. The first-order valence-corrected chi connectivity index (χ1v) is 11.9. The van der Waals surface area contributed by atoms with Crippen molar-refractivity contribution in [3.05, 3.63) is 78.6 Å². The lowest BCUT2D eigenvalue weighted by molar-refractivity contribution is -0.144. The second-order valence-electron chi connectivity index (χ2n) is 7.67. The Labute approximate surface area is 198 Å². The number of fused-ring (bicyclic) bond motifs is 2. The van der Waals surface area contributed by atoms with Crippen molar-refractivity contribution in [1.82, 2.24) is 9.88 Å². The van der Waals surface area contributed by atoms with Crippen molar-refractivity contribution in [2.45, 2.75) is 36.1 Å². The zero-order valence-electron chi connectivity index (χ0n) is 18.6. The molecule has 1 amide bonds. The van der Waals surface area contributed by atoms with Crippen LogP contribution in [0.2, 0.25) is 0 Å². The molecular weight excluding hydrogens is 434 g/mol. The van der Waals surface area contributed by atoms with Crippen molar-refractivity contribution < 1.29 is 14.3 Å². The van der Waals surface area contributed by atoms with E-state index in [-0.39, 0.29) is 18.3 Å². The number of amides is 1. The topological polar surface area (TPSA) is 62.7 Å². The van der Waals surface area contributed by atoms with E-state index in [0.717, 1.165) is 16.9 Å². The number of anilines is 2. The molecular formula is C26H27N3O3S. The van der Waals surface area contributed by atoms with Crippen molar-refractivity contribution in [3.63, 3.8) is 0 Å². The lowest BCUT2D eigenvalue weighted by Gasteiger charge is -2.33. The van der Waals surface area contributed by atoms with Crippen LogP contribution in [-0.4, -0.2) is 41.5 Å². The predicted molar refractivity (Wildman–Crippen MR) is 130 cm³/mol. The molecule has 0 spiro atoms. The smallest absolute Gasteiger partial charge is 0.307 e. The maximum atomic E-state index is 13.3. The van der Waals surface area contributed by atoms with Gasteiger partial charge in [0.05, 0.1) is 24.4 Å². The Morgan fingerprint density at radius 3 is 2.30 bits per heavy atom. The van der Waals surface area contributed by atoms with E-state index in [1.165, 1.54) is 9.79 Å². The maximum absolute atomic E-state index is 13.3. The lowest BCUT2D eigenvalue weighted by atomic mass is 10.2. The Hall–Kier alpha value is -3.32. The molecule has 0 N–H and O–H groups in total. The molecule has 170 valence electrons. The maximum Gasteiger partial charge on any atom is 0.307 e. The van der Waals surface area contributed by atoms with Crippen molar-refractivity contribution in [3.8, 4) is 0 Å². The molecule has 0 fully saturated rings. The third-order valence-electron chi connectivity index (χ3n) is 5.42. The van der Waals surface area contributed by atoms with Gasteiger partial charge in [-0.1, -0.05) is 42.1 Å². The number of pyridine rings is 1. The van der Waals surface area contributed by atoms with Gasteiger partial charge in [0.2, 0.25) is 5.91 Å². The Morgan fingerprint density at radius 1 is 0.970 bits per heavy atom. The van der Waals surface area contributed by atoms with Crippen LogP contribution in [0.5, 0.6) is 0 Å². The minimum Gasteiger partial charge on any atom is -0.466 e. The number of rotatable bonds is 9. The normalized spacial score (nSPS) is 12.0. The van der Waals surface area contributed by atoms with Gasteiger partial charge < -0.3 is 14.5 Å². The highest BCUT2D eigenvalue weighted by Gasteiger charge is 2.24. The lowest BCUT2D eigenvalue weighted by Crippen LogP contribution is -2.35. The number of hydrogen-bond donors (Lipinski definition) is 0. The van der Waals surface area contributed by atoms with Gasteiger partial charge in [0.25, 0.3) is 0 Å². The molecule has 2 aromatic carbocycles. The van der Waals surface area contributed by atoms with Gasteiger partial charge >= 0.3 is 5.97 Å². The van der Waals surface area contributed by atoms with Crippen LogP contribution in [0.1, 0.15) is 25.3 Å². The summed E-state index contributed by atoms with van der Waals surface area (Å²) in [7, 11) is 0. The molecule has 4 rings (SSSR count). The van der Waals surface area contributed by atoms with Crippen LogP contribution < -0.4 is 4.90 Å². The number of aromatic nitrogens is 1. The molecule has 1 aromatic heterocycles. The van der Waals surface area contributed by atoms with E-state index in [9.17, 15) is 9.59 Å². The van der Waals surface area contributed by atoms with Crippen LogP contribution in [0.4, 0.5) is 11.4 Å². The van der Waals surface area contributed by atoms with Crippen LogP contribution in [-0.2, 0) is 20.9 Å². The Bertz CT molecular complexity index is 1060. The van der Waals surface area contributed by atoms with E-state index >= 15 is 0 Å². The van der Waals surface area contributed by atoms with Crippen molar-refractivity contribution in [2.24, 2.45) is 0 Å². The number of carbonyl (C=O) groups excluding carboxylic acids is 2. The summed E-state index contributed by atoms with van der Waals surface area (Å²) >= 11 is 1.75. The average Bonchev–Trinajstić information content (AvgIpc) is 2.85. The molecule has 0 radical (unpaired) electrons. The summed E-state index contributed by atoms with van der Waals surface area (Å²) < 4.78 is 5.06.